The highest BCUT2D eigenvalue weighted by atomic mass is 32.2. The topological polar surface area (TPSA) is 72.4 Å². The Morgan fingerprint density at radius 2 is 1.83 bits per heavy atom. The number of thioether (sulfide) groups is 1. The average Bonchev–Trinajstić information content (AvgIpc) is 2.61. The first kappa shape index (κ1) is 17.2. The molecule has 0 amide bonds. The highest BCUT2D eigenvalue weighted by Gasteiger charge is 2.18. The van der Waals surface area contributed by atoms with Gasteiger partial charge in [-0.2, -0.15) is 0 Å². The minimum atomic E-state index is -3.20. The van der Waals surface area contributed by atoms with E-state index in [1.807, 2.05) is 12.5 Å². The van der Waals surface area contributed by atoms with Crippen molar-refractivity contribution in [1.82, 2.24) is 9.97 Å². The first-order valence-electron chi connectivity index (χ1n) is 7.53. The molecule has 1 fully saturated rings. The maximum atomic E-state index is 11.6. The summed E-state index contributed by atoms with van der Waals surface area (Å²) in [5.41, 5.74) is 0.796. The molecule has 1 aromatic carbocycles. The summed E-state index contributed by atoms with van der Waals surface area (Å²) >= 11 is 1.61. The third-order valence-electron chi connectivity index (χ3n) is 3.81. The fourth-order valence-electron chi connectivity index (χ4n) is 2.50. The molecule has 6 nitrogen and oxygen atoms in total. The third kappa shape index (κ3) is 3.71. The lowest BCUT2D eigenvalue weighted by Crippen LogP contribution is -2.37. The van der Waals surface area contributed by atoms with Crippen LogP contribution in [0.2, 0.25) is 0 Å². The number of hydrogen-bond donors (Lipinski definition) is 0. The summed E-state index contributed by atoms with van der Waals surface area (Å²) in [6, 6.07) is 6.66. The Hall–Kier alpha value is -1.64. The summed E-state index contributed by atoms with van der Waals surface area (Å²) in [5.74, 6) is 1.50. The Morgan fingerprint density at radius 3 is 2.42 bits per heavy atom. The minimum absolute atomic E-state index is 0.292. The zero-order chi connectivity index (χ0) is 17.2. The molecule has 3 rings (SSSR count). The average molecular weight is 365 g/mol. The number of sulfone groups is 1. The Bertz CT molecular complexity index is 817. The molecule has 0 unspecified atom stereocenters. The quantitative estimate of drug-likeness (QED) is 0.768. The molecule has 1 aliphatic heterocycles. The number of morpholine rings is 1. The number of nitrogens with zero attached hydrogens (tertiary/aromatic N) is 3. The van der Waals surface area contributed by atoms with E-state index in [1.54, 1.807) is 36.0 Å². The van der Waals surface area contributed by atoms with E-state index in [-0.39, 0.29) is 0 Å². The van der Waals surface area contributed by atoms with Crippen molar-refractivity contribution in [3.05, 3.63) is 30.5 Å². The van der Waals surface area contributed by atoms with Crippen molar-refractivity contribution in [2.75, 3.05) is 43.7 Å². The van der Waals surface area contributed by atoms with E-state index >= 15 is 0 Å². The van der Waals surface area contributed by atoms with Gasteiger partial charge in [0.15, 0.2) is 15.7 Å². The second-order valence-corrected chi connectivity index (χ2v) is 8.35. The molecule has 0 atom stereocenters. The molecule has 0 N–H and O–H groups in total. The molecule has 1 saturated heterocycles. The van der Waals surface area contributed by atoms with Crippen LogP contribution in [0.4, 0.5) is 5.82 Å². The van der Waals surface area contributed by atoms with Crippen LogP contribution in [0.1, 0.15) is 0 Å². The molecule has 0 bridgehead atoms. The van der Waals surface area contributed by atoms with Crippen molar-refractivity contribution < 1.29 is 13.2 Å². The predicted octanol–water partition coefficient (Wildman–Crippen LogP) is 2.11. The lowest BCUT2D eigenvalue weighted by Gasteiger charge is -2.29. The number of anilines is 1. The van der Waals surface area contributed by atoms with E-state index in [0.29, 0.717) is 23.9 Å². The predicted molar refractivity (Wildman–Crippen MR) is 95.4 cm³/mol. The number of benzene rings is 1. The van der Waals surface area contributed by atoms with Crippen LogP contribution in [0.15, 0.2) is 40.3 Å². The van der Waals surface area contributed by atoms with E-state index in [4.69, 9.17) is 9.72 Å². The summed E-state index contributed by atoms with van der Waals surface area (Å²) in [6.45, 7) is 2.99. The van der Waals surface area contributed by atoms with Crippen LogP contribution in [0, 0.1) is 0 Å². The Labute approximate surface area is 146 Å². The number of ether oxygens (including phenoxy) is 1. The second-order valence-electron chi connectivity index (χ2n) is 5.48. The van der Waals surface area contributed by atoms with Gasteiger partial charge in [-0.05, 0) is 30.5 Å². The Kier molecular flexibility index (Phi) is 5.07. The van der Waals surface area contributed by atoms with Crippen LogP contribution in [0.25, 0.3) is 11.4 Å². The van der Waals surface area contributed by atoms with Crippen molar-refractivity contribution in [2.45, 2.75) is 9.79 Å². The monoisotopic (exact) mass is 365 g/mol. The van der Waals surface area contributed by atoms with Gasteiger partial charge in [-0.25, -0.2) is 18.4 Å². The van der Waals surface area contributed by atoms with E-state index in [9.17, 15) is 8.42 Å². The molecule has 0 radical (unpaired) electrons. The van der Waals surface area contributed by atoms with Crippen LogP contribution >= 0.6 is 11.8 Å². The summed E-state index contributed by atoms with van der Waals surface area (Å²) in [5, 5.41) is 0. The number of rotatable bonds is 4. The largest absolute Gasteiger partial charge is 0.378 e. The summed E-state index contributed by atoms with van der Waals surface area (Å²) in [4.78, 5) is 12.7. The second kappa shape index (κ2) is 7.08. The van der Waals surface area contributed by atoms with Crippen molar-refractivity contribution in [2.24, 2.45) is 0 Å². The molecule has 1 aromatic heterocycles. The van der Waals surface area contributed by atoms with Crippen LogP contribution in [0.3, 0.4) is 0 Å². The van der Waals surface area contributed by atoms with Gasteiger partial charge in [-0.3, -0.25) is 0 Å². The smallest absolute Gasteiger partial charge is 0.175 e. The third-order valence-corrected chi connectivity index (χ3v) is 5.66. The maximum absolute atomic E-state index is 11.6. The molecule has 1 aliphatic rings. The minimum Gasteiger partial charge on any atom is -0.378 e. The Balaban J connectivity index is 1.96. The summed E-state index contributed by atoms with van der Waals surface area (Å²) in [7, 11) is -3.20. The van der Waals surface area contributed by atoms with Gasteiger partial charge in [0.25, 0.3) is 0 Å². The molecule has 2 aromatic rings. The van der Waals surface area contributed by atoms with Gasteiger partial charge >= 0.3 is 0 Å². The fourth-order valence-corrected chi connectivity index (χ4v) is 3.64. The highest BCUT2D eigenvalue weighted by Crippen LogP contribution is 2.29. The first-order chi connectivity index (χ1) is 11.5. The molecule has 0 aliphatic carbocycles. The molecule has 24 heavy (non-hydrogen) atoms. The van der Waals surface area contributed by atoms with Gasteiger partial charge in [0.1, 0.15) is 5.82 Å². The zero-order valence-electron chi connectivity index (χ0n) is 13.6. The van der Waals surface area contributed by atoms with Crippen molar-refractivity contribution in [3.63, 3.8) is 0 Å². The lowest BCUT2D eigenvalue weighted by atomic mass is 10.2. The number of hydrogen-bond acceptors (Lipinski definition) is 7. The first-order valence-corrected chi connectivity index (χ1v) is 10.6. The highest BCUT2D eigenvalue weighted by molar-refractivity contribution is 7.98. The lowest BCUT2D eigenvalue weighted by molar-refractivity contribution is 0.122. The zero-order valence-corrected chi connectivity index (χ0v) is 15.2. The van der Waals surface area contributed by atoms with E-state index in [2.05, 4.69) is 9.88 Å². The van der Waals surface area contributed by atoms with Gasteiger partial charge in [0.2, 0.25) is 0 Å². The molecular weight excluding hydrogens is 346 g/mol. The van der Waals surface area contributed by atoms with Crippen LogP contribution in [-0.4, -0.2) is 57.2 Å². The standard InChI is InChI=1S/C16H19N3O3S2/c1-23-14-11-17-15(18-16(14)19-7-9-22-10-8-19)12-3-5-13(6-4-12)24(2,20)21/h3-6,11H,7-10H2,1-2H3. The molecular formula is C16H19N3O3S2. The van der Waals surface area contributed by atoms with Crippen LogP contribution < -0.4 is 4.90 Å². The molecule has 8 heteroatoms. The van der Waals surface area contributed by atoms with Gasteiger partial charge in [0.05, 0.1) is 23.0 Å². The van der Waals surface area contributed by atoms with E-state index in [0.717, 1.165) is 29.4 Å². The van der Waals surface area contributed by atoms with Crippen LogP contribution in [-0.2, 0) is 14.6 Å². The summed E-state index contributed by atoms with van der Waals surface area (Å²) in [6.07, 6.45) is 5.02. The van der Waals surface area contributed by atoms with Gasteiger partial charge in [-0.15, -0.1) is 11.8 Å². The van der Waals surface area contributed by atoms with Crippen molar-refractivity contribution >= 4 is 27.4 Å². The van der Waals surface area contributed by atoms with E-state index < -0.39 is 9.84 Å². The van der Waals surface area contributed by atoms with Gasteiger partial charge in [0, 0.05) is 31.1 Å². The molecule has 0 saturated carbocycles. The van der Waals surface area contributed by atoms with E-state index in [1.165, 1.54) is 6.26 Å². The molecule has 2 heterocycles. The van der Waals surface area contributed by atoms with Crippen LogP contribution in [0.5, 0.6) is 0 Å². The maximum Gasteiger partial charge on any atom is 0.175 e. The molecule has 0 spiro atoms. The fraction of sp³-hybridized carbons (Fsp3) is 0.375. The summed E-state index contributed by atoms with van der Waals surface area (Å²) < 4.78 is 28.6. The van der Waals surface area contributed by atoms with Crippen molar-refractivity contribution in [3.8, 4) is 11.4 Å². The van der Waals surface area contributed by atoms with Crippen molar-refractivity contribution in [1.29, 1.82) is 0 Å². The van der Waals surface area contributed by atoms with Gasteiger partial charge < -0.3 is 9.64 Å². The normalized spacial score (nSPS) is 15.5. The van der Waals surface area contributed by atoms with Gasteiger partial charge in [-0.1, -0.05) is 0 Å². The SMILES string of the molecule is CSc1cnc(-c2ccc(S(C)(=O)=O)cc2)nc1N1CCOCC1. The number of aromatic nitrogens is 2. The Morgan fingerprint density at radius 1 is 1.17 bits per heavy atom. The molecule has 128 valence electrons.